The number of hydrogen-bond acceptors (Lipinski definition) is 3. The number of halogens is 1. The van der Waals surface area contributed by atoms with Gasteiger partial charge in [-0.25, -0.2) is 0 Å². The minimum atomic E-state index is -0.902. The van der Waals surface area contributed by atoms with Crippen molar-refractivity contribution in [2.24, 2.45) is 5.73 Å². The molecule has 3 aromatic rings. The lowest BCUT2D eigenvalue weighted by atomic mass is 9.96. The van der Waals surface area contributed by atoms with Crippen LogP contribution in [0.3, 0.4) is 0 Å². The topological polar surface area (TPSA) is 72.5 Å². The van der Waals surface area contributed by atoms with E-state index >= 15 is 0 Å². The van der Waals surface area contributed by atoms with E-state index in [1.165, 1.54) is 0 Å². The van der Waals surface area contributed by atoms with Gasteiger partial charge in [0.15, 0.2) is 0 Å². The van der Waals surface area contributed by atoms with Gasteiger partial charge < -0.3 is 15.6 Å². The number of carboxylic acids is 1. The second-order valence-corrected chi connectivity index (χ2v) is 7.71. The molecule has 31 heavy (non-hydrogen) atoms. The maximum Gasteiger partial charge on any atom is 0.307 e. The number of benzene rings is 3. The molecule has 0 aliphatic heterocycles. The maximum atomic E-state index is 12.8. The van der Waals surface area contributed by atoms with Gasteiger partial charge in [0.1, 0.15) is 12.4 Å². The molecule has 5 heteroatoms. The van der Waals surface area contributed by atoms with Crippen LogP contribution in [0.25, 0.3) is 11.1 Å². The highest BCUT2D eigenvalue weighted by Gasteiger charge is 2.10. The third kappa shape index (κ3) is 6.40. The summed E-state index contributed by atoms with van der Waals surface area (Å²) >= 11 is 0. The molecule has 0 radical (unpaired) electrons. The van der Waals surface area contributed by atoms with Crippen molar-refractivity contribution in [3.63, 3.8) is 0 Å². The number of carbonyl (C=O) groups is 1. The van der Waals surface area contributed by atoms with Crippen LogP contribution in [0.2, 0.25) is 0 Å². The number of rotatable bonds is 10. The van der Waals surface area contributed by atoms with E-state index in [1.54, 1.807) is 18.2 Å². The van der Waals surface area contributed by atoms with Gasteiger partial charge in [-0.1, -0.05) is 48.5 Å². The summed E-state index contributed by atoms with van der Waals surface area (Å²) in [6, 6.07) is 21.3. The lowest BCUT2D eigenvalue weighted by molar-refractivity contribution is -0.136. The Balaban J connectivity index is 1.89. The number of alkyl halides is 1. The molecule has 1 unspecified atom stereocenters. The lowest BCUT2D eigenvalue weighted by Crippen LogP contribution is -2.05. The Labute approximate surface area is 182 Å². The third-order valence-electron chi connectivity index (χ3n) is 5.11. The number of para-hydroxylation sites is 1. The van der Waals surface area contributed by atoms with Crippen molar-refractivity contribution in [1.82, 2.24) is 0 Å². The Bertz CT molecular complexity index is 1030. The first-order valence-corrected chi connectivity index (χ1v) is 10.4. The third-order valence-corrected chi connectivity index (χ3v) is 5.11. The second kappa shape index (κ2) is 10.7. The SMILES string of the molecule is CC(N)c1cccc(-c2cc(CCCF)cc(COc3ccccc3CC(=O)O)c2)c1. The molecule has 4 nitrogen and oxygen atoms in total. The van der Waals surface area contributed by atoms with Crippen LogP contribution in [0.5, 0.6) is 5.75 Å². The van der Waals surface area contributed by atoms with E-state index in [1.807, 2.05) is 37.3 Å². The zero-order chi connectivity index (χ0) is 22.2. The Morgan fingerprint density at radius 2 is 1.81 bits per heavy atom. The van der Waals surface area contributed by atoms with E-state index in [-0.39, 0.29) is 19.1 Å². The van der Waals surface area contributed by atoms with Gasteiger partial charge in [0, 0.05) is 11.6 Å². The smallest absolute Gasteiger partial charge is 0.307 e. The van der Waals surface area contributed by atoms with Crippen molar-refractivity contribution < 1.29 is 19.0 Å². The number of aryl methyl sites for hydroxylation is 1. The Hall–Kier alpha value is -3.18. The summed E-state index contributed by atoms with van der Waals surface area (Å²) < 4.78 is 18.8. The fraction of sp³-hybridized carbons (Fsp3) is 0.269. The summed E-state index contributed by atoms with van der Waals surface area (Å²) in [7, 11) is 0. The number of hydrogen-bond donors (Lipinski definition) is 2. The Morgan fingerprint density at radius 3 is 2.55 bits per heavy atom. The highest BCUT2D eigenvalue weighted by Crippen LogP contribution is 2.27. The van der Waals surface area contributed by atoms with Crippen molar-refractivity contribution in [1.29, 1.82) is 0 Å². The van der Waals surface area contributed by atoms with Crippen molar-refractivity contribution in [2.75, 3.05) is 6.67 Å². The molecule has 0 spiro atoms. The normalized spacial score (nSPS) is 11.8. The average Bonchev–Trinajstić information content (AvgIpc) is 2.76. The molecule has 0 amide bonds. The monoisotopic (exact) mass is 421 g/mol. The second-order valence-electron chi connectivity index (χ2n) is 7.71. The van der Waals surface area contributed by atoms with Gasteiger partial charge in [0.25, 0.3) is 0 Å². The standard InChI is InChI=1S/C26H28FNO3/c1-18(28)21-8-4-9-22(15-21)24-13-19(6-5-11-27)12-20(14-24)17-31-25-10-3-2-7-23(25)16-26(29)30/h2-4,7-10,12-15,18H,5-6,11,16-17,28H2,1H3,(H,29,30). The van der Waals surface area contributed by atoms with E-state index in [2.05, 4.69) is 18.2 Å². The molecule has 0 aliphatic rings. The summed E-state index contributed by atoms with van der Waals surface area (Å²) in [5.41, 5.74) is 11.8. The molecule has 0 saturated heterocycles. The van der Waals surface area contributed by atoms with Crippen LogP contribution in [-0.2, 0) is 24.2 Å². The summed E-state index contributed by atoms with van der Waals surface area (Å²) in [5, 5.41) is 9.12. The van der Waals surface area contributed by atoms with Gasteiger partial charge in [-0.15, -0.1) is 0 Å². The van der Waals surface area contributed by atoms with Crippen LogP contribution < -0.4 is 10.5 Å². The fourth-order valence-electron chi connectivity index (χ4n) is 3.54. The molecule has 3 N–H and O–H groups in total. The van der Waals surface area contributed by atoms with E-state index in [9.17, 15) is 9.18 Å². The van der Waals surface area contributed by atoms with Gasteiger partial charge in [-0.2, -0.15) is 0 Å². The van der Waals surface area contributed by atoms with Gasteiger partial charge in [-0.05, 0) is 65.8 Å². The van der Waals surface area contributed by atoms with E-state index in [0.29, 0.717) is 30.8 Å². The van der Waals surface area contributed by atoms with E-state index < -0.39 is 5.97 Å². The first kappa shape index (κ1) is 22.5. The number of aliphatic carboxylic acids is 1. The summed E-state index contributed by atoms with van der Waals surface area (Å²) in [4.78, 5) is 11.1. The van der Waals surface area contributed by atoms with Gasteiger partial charge in [-0.3, -0.25) is 9.18 Å². The highest BCUT2D eigenvalue weighted by molar-refractivity contribution is 5.71. The summed E-state index contributed by atoms with van der Waals surface area (Å²) in [6.07, 6.45) is 1.01. The zero-order valence-corrected chi connectivity index (χ0v) is 17.7. The van der Waals surface area contributed by atoms with Gasteiger partial charge in [0.2, 0.25) is 0 Å². The van der Waals surface area contributed by atoms with Gasteiger partial charge >= 0.3 is 5.97 Å². The van der Waals surface area contributed by atoms with Crippen LogP contribution in [0, 0.1) is 0 Å². The predicted molar refractivity (Wildman–Crippen MR) is 121 cm³/mol. The molecule has 0 bridgehead atoms. The number of nitrogens with two attached hydrogens (primary N) is 1. The summed E-state index contributed by atoms with van der Waals surface area (Å²) in [5.74, 6) is -0.347. The molecular formula is C26H28FNO3. The maximum absolute atomic E-state index is 12.8. The minimum Gasteiger partial charge on any atom is -0.489 e. The molecule has 0 aliphatic carbocycles. The van der Waals surface area contributed by atoms with Crippen molar-refractivity contribution in [2.45, 2.75) is 38.8 Å². The molecule has 0 fully saturated rings. The highest BCUT2D eigenvalue weighted by atomic mass is 19.1. The first-order valence-electron chi connectivity index (χ1n) is 10.4. The Morgan fingerprint density at radius 1 is 1.03 bits per heavy atom. The molecule has 0 saturated carbocycles. The van der Waals surface area contributed by atoms with Crippen molar-refractivity contribution in [3.05, 3.63) is 89.0 Å². The molecule has 0 heterocycles. The molecule has 162 valence electrons. The number of carboxylic acid groups (broad SMARTS) is 1. The van der Waals surface area contributed by atoms with Crippen LogP contribution in [0.15, 0.2) is 66.7 Å². The fourth-order valence-corrected chi connectivity index (χ4v) is 3.54. The molecule has 3 rings (SSSR count). The van der Waals surface area contributed by atoms with Crippen LogP contribution >= 0.6 is 0 Å². The molecule has 0 aromatic heterocycles. The zero-order valence-electron chi connectivity index (χ0n) is 17.7. The van der Waals surface area contributed by atoms with E-state index in [0.717, 1.165) is 27.8 Å². The van der Waals surface area contributed by atoms with E-state index in [4.69, 9.17) is 15.6 Å². The first-order chi connectivity index (χ1) is 15.0. The average molecular weight is 422 g/mol. The van der Waals surface area contributed by atoms with Crippen LogP contribution in [-0.4, -0.2) is 17.8 Å². The largest absolute Gasteiger partial charge is 0.489 e. The van der Waals surface area contributed by atoms with Crippen molar-refractivity contribution >= 4 is 5.97 Å². The minimum absolute atomic E-state index is 0.0665. The van der Waals surface area contributed by atoms with Crippen LogP contribution in [0.1, 0.15) is 41.6 Å². The quantitative estimate of drug-likeness (QED) is 0.455. The van der Waals surface area contributed by atoms with Crippen molar-refractivity contribution in [3.8, 4) is 16.9 Å². The number of ether oxygens (including phenoxy) is 1. The molecule has 3 aromatic carbocycles. The lowest BCUT2D eigenvalue weighted by Gasteiger charge is -2.14. The predicted octanol–water partition coefficient (Wildman–Crippen LogP) is 5.48. The van der Waals surface area contributed by atoms with Crippen LogP contribution in [0.4, 0.5) is 4.39 Å². The molecule has 1 atom stereocenters. The Kier molecular flexibility index (Phi) is 7.79. The summed E-state index contributed by atoms with van der Waals surface area (Å²) in [6.45, 7) is 1.88. The van der Waals surface area contributed by atoms with Gasteiger partial charge in [0.05, 0.1) is 13.1 Å². The molecular weight excluding hydrogens is 393 g/mol.